The summed E-state index contributed by atoms with van der Waals surface area (Å²) in [5.74, 6) is 1.48. The van der Waals surface area contributed by atoms with Crippen molar-refractivity contribution in [3.05, 3.63) is 53.7 Å². The number of methoxy groups -OCH3 is 1. The Hall–Kier alpha value is -3.27. The molecule has 0 aliphatic carbocycles. The number of nitriles is 1. The van der Waals surface area contributed by atoms with Gasteiger partial charge in [-0.2, -0.15) is 5.26 Å². The zero-order valence-corrected chi connectivity index (χ0v) is 14.7. The van der Waals surface area contributed by atoms with E-state index in [1.54, 1.807) is 30.3 Å². The molecule has 7 heteroatoms. The third-order valence-corrected chi connectivity index (χ3v) is 4.38. The smallest absolute Gasteiger partial charge is 0.317 e. The number of carbonyl (C=O) groups excluding carboxylic acids is 1. The molecule has 1 N–H and O–H groups in total. The van der Waals surface area contributed by atoms with E-state index in [-0.39, 0.29) is 6.03 Å². The van der Waals surface area contributed by atoms with Crippen molar-refractivity contribution < 1.29 is 9.53 Å². The minimum Gasteiger partial charge on any atom is -0.497 e. The summed E-state index contributed by atoms with van der Waals surface area (Å²) in [6.07, 6.45) is 1.68. The van der Waals surface area contributed by atoms with E-state index in [1.807, 2.05) is 29.2 Å². The molecule has 26 heavy (non-hydrogen) atoms. The highest BCUT2D eigenvalue weighted by molar-refractivity contribution is 5.74. The van der Waals surface area contributed by atoms with Crippen LogP contribution in [0.15, 0.2) is 42.6 Å². The van der Waals surface area contributed by atoms with Crippen molar-refractivity contribution in [3.8, 4) is 11.8 Å². The van der Waals surface area contributed by atoms with E-state index in [2.05, 4.69) is 16.4 Å². The lowest BCUT2D eigenvalue weighted by Crippen LogP contribution is -2.52. The van der Waals surface area contributed by atoms with Gasteiger partial charge in [-0.25, -0.2) is 9.78 Å². The summed E-state index contributed by atoms with van der Waals surface area (Å²) in [7, 11) is 1.63. The molecule has 0 unspecified atom stereocenters. The van der Waals surface area contributed by atoms with Crippen molar-refractivity contribution in [3.63, 3.8) is 0 Å². The van der Waals surface area contributed by atoms with Gasteiger partial charge < -0.3 is 19.9 Å². The molecule has 1 aliphatic rings. The van der Waals surface area contributed by atoms with Gasteiger partial charge in [0.25, 0.3) is 0 Å². The van der Waals surface area contributed by atoms with E-state index < -0.39 is 0 Å². The van der Waals surface area contributed by atoms with Gasteiger partial charge in [0.05, 0.1) is 12.7 Å². The molecule has 0 atom stereocenters. The van der Waals surface area contributed by atoms with Gasteiger partial charge in [-0.1, -0.05) is 12.1 Å². The summed E-state index contributed by atoms with van der Waals surface area (Å²) in [6, 6.07) is 13.2. The molecule has 7 nitrogen and oxygen atoms in total. The molecule has 1 fully saturated rings. The van der Waals surface area contributed by atoms with Crippen LogP contribution >= 0.6 is 0 Å². The molecular formula is C19H21N5O2. The van der Waals surface area contributed by atoms with Crippen molar-refractivity contribution in [2.75, 3.05) is 38.2 Å². The fourth-order valence-corrected chi connectivity index (χ4v) is 2.89. The molecule has 2 amide bonds. The third-order valence-electron chi connectivity index (χ3n) is 4.38. The molecule has 0 bridgehead atoms. The van der Waals surface area contributed by atoms with Crippen LogP contribution in [0.25, 0.3) is 0 Å². The monoisotopic (exact) mass is 351 g/mol. The molecule has 134 valence electrons. The average Bonchev–Trinajstić information content (AvgIpc) is 2.72. The Labute approximate surface area is 152 Å². The Bertz CT molecular complexity index is 792. The Balaban J connectivity index is 1.51. The SMILES string of the molecule is COc1ccc(CNC(=O)N2CCN(c3ncccc3C#N)CC2)cc1. The number of ether oxygens (including phenoxy) is 1. The lowest BCUT2D eigenvalue weighted by molar-refractivity contribution is 0.194. The quantitative estimate of drug-likeness (QED) is 0.911. The van der Waals surface area contributed by atoms with Gasteiger partial charge >= 0.3 is 6.03 Å². The highest BCUT2D eigenvalue weighted by Crippen LogP contribution is 2.18. The Morgan fingerprint density at radius 2 is 1.96 bits per heavy atom. The lowest BCUT2D eigenvalue weighted by Gasteiger charge is -2.35. The number of hydrogen-bond donors (Lipinski definition) is 1. The van der Waals surface area contributed by atoms with Crippen LogP contribution in [0, 0.1) is 11.3 Å². The second-order valence-corrected chi connectivity index (χ2v) is 5.97. The van der Waals surface area contributed by atoms with Crippen LogP contribution in [0.5, 0.6) is 5.75 Å². The number of urea groups is 1. The Morgan fingerprint density at radius 3 is 2.62 bits per heavy atom. The molecule has 1 aromatic heterocycles. The number of nitrogens with one attached hydrogen (secondary N) is 1. The van der Waals surface area contributed by atoms with E-state index in [9.17, 15) is 10.1 Å². The van der Waals surface area contributed by atoms with E-state index in [0.717, 1.165) is 11.3 Å². The molecule has 1 aromatic carbocycles. The molecule has 0 saturated carbocycles. The van der Waals surface area contributed by atoms with Crippen LogP contribution in [0.3, 0.4) is 0 Å². The normalized spacial score (nSPS) is 13.8. The average molecular weight is 351 g/mol. The fraction of sp³-hybridized carbons (Fsp3) is 0.316. The predicted molar refractivity (Wildman–Crippen MR) is 98.0 cm³/mol. The number of rotatable bonds is 4. The number of aromatic nitrogens is 1. The van der Waals surface area contributed by atoms with Gasteiger partial charge in [0, 0.05) is 38.9 Å². The lowest BCUT2D eigenvalue weighted by atomic mass is 10.2. The highest BCUT2D eigenvalue weighted by atomic mass is 16.5. The molecule has 0 spiro atoms. The summed E-state index contributed by atoms with van der Waals surface area (Å²) in [5.41, 5.74) is 1.58. The second kappa shape index (κ2) is 8.21. The molecule has 0 radical (unpaired) electrons. The Kier molecular flexibility index (Phi) is 5.54. The summed E-state index contributed by atoms with van der Waals surface area (Å²) < 4.78 is 5.13. The summed E-state index contributed by atoms with van der Waals surface area (Å²) in [5, 5.41) is 12.1. The maximum atomic E-state index is 12.4. The maximum absolute atomic E-state index is 12.4. The van der Waals surface area contributed by atoms with E-state index >= 15 is 0 Å². The standard InChI is InChI=1S/C19H21N5O2/c1-26-17-6-4-15(5-7-17)14-22-19(25)24-11-9-23(10-12-24)18-16(13-20)3-2-8-21-18/h2-8H,9-12,14H2,1H3,(H,22,25). The van der Waals surface area contributed by atoms with Gasteiger partial charge in [0.15, 0.2) is 0 Å². The summed E-state index contributed by atoms with van der Waals surface area (Å²) in [4.78, 5) is 20.5. The highest BCUT2D eigenvalue weighted by Gasteiger charge is 2.23. The van der Waals surface area contributed by atoms with Crippen molar-refractivity contribution >= 4 is 11.8 Å². The largest absolute Gasteiger partial charge is 0.497 e. The number of amides is 2. The van der Waals surface area contributed by atoms with Crippen molar-refractivity contribution in [2.45, 2.75) is 6.54 Å². The van der Waals surface area contributed by atoms with Crippen LogP contribution in [-0.4, -0.2) is 49.2 Å². The zero-order valence-electron chi connectivity index (χ0n) is 14.7. The van der Waals surface area contributed by atoms with Crippen molar-refractivity contribution in [1.82, 2.24) is 15.2 Å². The third kappa shape index (κ3) is 4.03. The van der Waals surface area contributed by atoms with Gasteiger partial charge in [0.1, 0.15) is 17.6 Å². The van der Waals surface area contributed by atoms with Crippen LogP contribution in [0.4, 0.5) is 10.6 Å². The number of pyridine rings is 1. The van der Waals surface area contributed by atoms with Gasteiger partial charge in [0.2, 0.25) is 0 Å². The first-order chi connectivity index (χ1) is 12.7. The number of hydrogen-bond acceptors (Lipinski definition) is 5. The van der Waals surface area contributed by atoms with Crippen LogP contribution < -0.4 is 15.0 Å². The Morgan fingerprint density at radius 1 is 1.23 bits per heavy atom. The zero-order chi connectivity index (χ0) is 18.4. The predicted octanol–water partition coefficient (Wildman–Crippen LogP) is 1.99. The molecule has 1 saturated heterocycles. The molecule has 2 heterocycles. The summed E-state index contributed by atoms with van der Waals surface area (Å²) >= 11 is 0. The van der Waals surface area contributed by atoms with Crippen molar-refractivity contribution in [2.24, 2.45) is 0 Å². The minimum absolute atomic E-state index is 0.0815. The molecule has 1 aliphatic heterocycles. The van der Waals surface area contributed by atoms with E-state index in [1.165, 1.54) is 0 Å². The van der Waals surface area contributed by atoms with Gasteiger partial charge in [-0.15, -0.1) is 0 Å². The molecular weight excluding hydrogens is 330 g/mol. The molecule has 2 aromatic rings. The number of anilines is 1. The first-order valence-corrected chi connectivity index (χ1v) is 8.47. The summed E-state index contributed by atoms with van der Waals surface area (Å²) in [6.45, 7) is 2.97. The number of piperazine rings is 1. The van der Waals surface area contributed by atoms with Crippen LogP contribution in [0.1, 0.15) is 11.1 Å². The van der Waals surface area contributed by atoms with Gasteiger partial charge in [-0.05, 0) is 29.8 Å². The second-order valence-electron chi connectivity index (χ2n) is 5.97. The maximum Gasteiger partial charge on any atom is 0.317 e. The number of carbonyl (C=O) groups is 1. The number of nitrogens with zero attached hydrogens (tertiary/aromatic N) is 4. The van der Waals surface area contributed by atoms with E-state index in [0.29, 0.717) is 44.1 Å². The van der Waals surface area contributed by atoms with Crippen LogP contribution in [0.2, 0.25) is 0 Å². The van der Waals surface area contributed by atoms with Crippen LogP contribution in [-0.2, 0) is 6.54 Å². The minimum atomic E-state index is -0.0815. The topological polar surface area (TPSA) is 81.5 Å². The van der Waals surface area contributed by atoms with Gasteiger partial charge in [-0.3, -0.25) is 0 Å². The van der Waals surface area contributed by atoms with E-state index in [4.69, 9.17) is 4.74 Å². The number of benzene rings is 1. The first-order valence-electron chi connectivity index (χ1n) is 8.47. The first kappa shape index (κ1) is 17.5. The fourth-order valence-electron chi connectivity index (χ4n) is 2.89. The molecule has 3 rings (SSSR count). The van der Waals surface area contributed by atoms with Crippen molar-refractivity contribution in [1.29, 1.82) is 5.26 Å².